The summed E-state index contributed by atoms with van der Waals surface area (Å²) in [6, 6.07) is 12.6. The van der Waals surface area contributed by atoms with Crippen LogP contribution in [0.4, 0.5) is 0 Å². The number of fused-ring (bicyclic) bond motifs is 1. The number of imidazole rings is 1. The van der Waals surface area contributed by atoms with E-state index in [0.29, 0.717) is 0 Å². The zero-order valence-electron chi connectivity index (χ0n) is 14.6. The predicted molar refractivity (Wildman–Crippen MR) is 100 cm³/mol. The number of aromatic nitrogens is 4. The number of pyridine rings is 1. The molecule has 0 fully saturated rings. The summed E-state index contributed by atoms with van der Waals surface area (Å²) < 4.78 is 2.09. The molecular formula is C21H20N4. The molecule has 0 saturated heterocycles. The Balaban J connectivity index is 1.80. The Hall–Kier alpha value is -3.01. The van der Waals surface area contributed by atoms with Crippen LogP contribution in [0.1, 0.15) is 26.3 Å². The first kappa shape index (κ1) is 15.5. The van der Waals surface area contributed by atoms with Gasteiger partial charge in [-0.2, -0.15) is 0 Å². The van der Waals surface area contributed by atoms with Gasteiger partial charge in [-0.1, -0.05) is 45.0 Å². The lowest BCUT2D eigenvalue weighted by molar-refractivity contribution is 0.590. The van der Waals surface area contributed by atoms with Crippen molar-refractivity contribution in [1.82, 2.24) is 19.4 Å². The molecule has 0 unspecified atom stereocenters. The number of benzene rings is 1. The summed E-state index contributed by atoms with van der Waals surface area (Å²) in [5.74, 6) is 0. The van der Waals surface area contributed by atoms with Gasteiger partial charge in [0.15, 0.2) is 5.65 Å². The fraction of sp³-hybridized carbons (Fsp3) is 0.190. The molecule has 0 spiro atoms. The van der Waals surface area contributed by atoms with Gasteiger partial charge in [-0.25, -0.2) is 4.98 Å². The summed E-state index contributed by atoms with van der Waals surface area (Å²) in [6.45, 7) is 6.68. The van der Waals surface area contributed by atoms with Crippen LogP contribution in [0, 0.1) is 0 Å². The molecule has 4 rings (SSSR count). The molecule has 25 heavy (non-hydrogen) atoms. The van der Waals surface area contributed by atoms with Crippen LogP contribution in [0.5, 0.6) is 0 Å². The van der Waals surface area contributed by atoms with Crippen molar-refractivity contribution in [2.75, 3.05) is 0 Å². The van der Waals surface area contributed by atoms with Crippen molar-refractivity contribution >= 4 is 5.65 Å². The van der Waals surface area contributed by atoms with Gasteiger partial charge < -0.3 is 0 Å². The van der Waals surface area contributed by atoms with E-state index in [2.05, 4.69) is 64.4 Å². The molecule has 3 heterocycles. The first-order chi connectivity index (χ1) is 12.0. The zero-order valence-corrected chi connectivity index (χ0v) is 14.6. The van der Waals surface area contributed by atoms with Gasteiger partial charge in [0.25, 0.3) is 0 Å². The van der Waals surface area contributed by atoms with Crippen molar-refractivity contribution in [3.05, 3.63) is 72.9 Å². The maximum absolute atomic E-state index is 4.52. The Kier molecular flexibility index (Phi) is 3.61. The molecule has 0 aliphatic rings. The first-order valence-corrected chi connectivity index (χ1v) is 8.37. The fourth-order valence-corrected chi connectivity index (χ4v) is 2.92. The lowest BCUT2D eigenvalue weighted by Crippen LogP contribution is -2.10. The van der Waals surface area contributed by atoms with Gasteiger partial charge >= 0.3 is 0 Å². The maximum atomic E-state index is 4.52. The van der Waals surface area contributed by atoms with E-state index in [4.69, 9.17) is 0 Å². The normalized spacial score (nSPS) is 11.8. The molecule has 4 heteroatoms. The maximum Gasteiger partial charge on any atom is 0.155 e. The minimum Gasteiger partial charge on any atom is -0.296 e. The topological polar surface area (TPSA) is 43.1 Å². The van der Waals surface area contributed by atoms with Crippen molar-refractivity contribution in [1.29, 1.82) is 0 Å². The molecule has 0 N–H and O–H groups in total. The SMILES string of the molecule is CC(C)(C)c1ccc(-c2cnc3cnc(-c4ccncc4)cn23)cc1. The number of nitrogens with zero attached hydrogens (tertiary/aromatic N) is 4. The smallest absolute Gasteiger partial charge is 0.155 e. The van der Waals surface area contributed by atoms with Gasteiger partial charge in [-0.05, 0) is 23.1 Å². The third-order valence-electron chi connectivity index (χ3n) is 4.42. The van der Waals surface area contributed by atoms with Crippen LogP contribution in [0.25, 0.3) is 28.2 Å². The van der Waals surface area contributed by atoms with E-state index in [1.165, 1.54) is 5.56 Å². The molecule has 1 aromatic carbocycles. The second-order valence-electron chi connectivity index (χ2n) is 7.21. The summed E-state index contributed by atoms with van der Waals surface area (Å²) >= 11 is 0. The van der Waals surface area contributed by atoms with E-state index >= 15 is 0 Å². The number of hydrogen-bond donors (Lipinski definition) is 0. The van der Waals surface area contributed by atoms with Crippen molar-refractivity contribution in [2.45, 2.75) is 26.2 Å². The highest BCUT2D eigenvalue weighted by Crippen LogP contribution is 2.27. The van der Waals surface area contributed by atoms with Crippen molar-refractivity contribution in [2.24, 2.45) is 0 Å². The fourth-order valence-electron chi connectivity index (χ4n) is 2.92. The number of rotatable bonds is 2. The van der Waals surface area contributed by atoms with Crippen LogP contribution in [-0.2, 0) is 5.41 Å². The van der Waals surface area contributed by atoms with Crippen LogP contribution in [-0.4, -0.2) is 19.4 Å². The Morgan fingerprint density at radius 2 is 1.52 bits per heavy atom. The van der Waals surface area contributed by atoms with E-state index in [0.717, 1.165) is 28.2 Å². The van der Waals surface area contributed by atoms with Gasteiger partial charge in [0.2, 0.25) is 0 Å². The van der Waals surface area contributed by atoms with Gasteiger partial charge in [0, 0.05) is 29.7 Å². The van der Waals surface area contributed by atoms with E-state index < -0.39 is 0 Å². The summed E-state index contributed by atoms with van der Waals surface area (Å²) in [4.78, 5) is 13.1. The summed E-state index contributed by atoms with van der Waals surface area (Å²) in [6.07, 6.45) is 9.30. The quantitative estimate of drug-likeness (QED) is 0.533. The largest absolute Gasteiger partial charge is 0.296 e. The Morgan fingerprint density at radius 1 is 0.800 bits per heavy atom. The van der Waals surface area contributed by atoms with Gasteiger partial charge in [-0.3, -0.25) is 14.4 Å². The van der Waals surface area contributed by atoms with Gasteiger partial charge in [0.05, 0.1) is 23.8 Å². The molecule has 0 saturated carbocycles. The minimum absolute atomic E-state index is 0.149. The lowest BCUT2D eigenvalue weighted by atomic mass is 9.86. The molecule has 0 aliphatic heterocycles. The summed E-state index contributed by atoms with van der Waals surface area (Å²) in [7, 11) is 0. The van der Waals surface area contributed by atoms with Crippen molar-refractivity contribution < 1.29 is 0 Å². The van der Waals surface area contributed by atoms with Gasteiger partial charge in [-0.15, -0.1) is 0 Å². The third-order valence-corrected chi connectivity index (χ3v) is 4.42. The molecule has 124 valence electrons. The third kappa shape index (κ3) is 2.91. The number of hydrogen-bond acceptors (Lipinski definition) is 3. The van der Waals surface area contributed by atoms with Crippen LogP contribution in [0.3, 0.4) is 0 Å². The zero-order chi connectivity index (χ0) is 17.4. The Bertz CT molecular complexity index is 1010. The standard InChI is InChI=1S/C21H20N4/c1-21(2,3)17-6-4-16(5-7-17)19-12-24-20-13-23-18(14-25(19)20)15-8-10-22-11-9-15/h4-14H,1-3H3. The van der Waals surface area contributed by atoms with Gasteiger partial charge in [0.1, 0.15) is 0 Å². The second kappa shape index (κ2) is 5.81. The average Bonchev–Trinajstić information content (AvgIpc) is 3.05. The summed E-state index contributed by atoms with van der Waals surface area (Å²) in [5.41, 5.74) is 6.47. The van der Waals surface area contributed by atoms with Crippen molar-refractivity contribution in [3.8, 4) is 22.5 Å². The molecule has 0 aliphatic carbocycles. The monoisotopic (exact) mass is 328 g/mol. The van der Waals surface area contributed by atoms with Crippen LogP contribution in [0.2, 0.25) is 0 Å². The molecule has 0 atom stereocenters. The van der Waals surface area contributed by atoms with E-state index in [9.17, 15) is 0 Å². The highest BCUT2D eigenvalue weighted by molar-refractivity contribution is 5.66. The molecule has 3 aromatic heterocycles. The Labute approximate surface area is 147 Å². The highest BCUT2D eigenvalue weighted by atomic mass is 15.0. The minimum atomic E-state index is 0.149. The molecule has 4 nitrogen and oxygen atoms in total. The molecule has 0 bridgehead atoms. The molecule has 4 aromatic rings. The second-order valence-corrected chi connectivity index (χ2v) is 7.21. The highest BCUT2D eigenvalue weighted by Gasteiger charge is 2.14. The first-order valence-electron chi connectivity index (χ1n) is 8.37. The van der Waals surface area contributed by atoms with Crippen LogP contribution >= 0.6 is 0 Å². The van der Waals surface area contributed by atoms with Crippen molar-refractivity contribution in [3.63, 3.8) is 0 Å². The lowest BCUT2D eigenvalue weighted by Gasteiger charge is -2.19. The average molecular weight is 328 g/mol. The molecular weight excluding hydrogens is 308 g/mol. The van der Waals surface area contributed by atoms with E-state index in [-0.39, 0.29) is 5.41 Å². The van der Waals surface area contributed by atoms with E-state index in [1.54, 1.807) is 12.4 Å². The molecule has 0 amide bonds. The molecule has 0 radical (unpaired) electrons. The van der Waals surface area contributed by atoms with E-state index in [1.807, 2.05) is 30.7 Å². The van der Waals surface area contributed by atoms with Crippen LogP contribution < -0.4 is 0 Å². The Morgan fingerprint density at radius 3 is 2.20 bits per heavy atom. The van der Waals surface area contributed by atoms with Crippen LogP contribution in [0.15, 0.2) is 67.4 Å². The predicted octanol–water partition coefficient (Wildman–Crippen LogP) is 4.76. The summed E-state index contributed by atoms with van der Waals surface area (Å²) in [5, 5.41) is 0.